The molecule has 1 aromatic carbocycles. The molecule has 0 amide bonds. The highest BCUT2D eigenvalue weighted by Gasteiger charge is 2.37. The second-order valence-electron chi connectivity index (χ2n) is 7.42. The second kappa shape index (κ2) is 7.99. The number of nitrogens with zero attached hydrogens (tertiary/aromatic N) is 3. The van der Waals surface area contributed by atoms with E-state index in [1.165, 1.54) is 18.6 Å². The van der Waals surface area contributed by atoms with Gasteiger partial charge in [-0.15, -0.1) is 0 Å². The van der Waals surface area contributed by atoms with E-state index in [0.29, 0.717) is 37.0 Å². The number of rotatable bonds is 3. The molecule has 4 rings (SSSR count). The maximum absolute atomic E-state index is 13.5. The van der Waals surface area contributed by atoms with Gasteiger partial charge in [-0.1, -0.05) is 24.6 Å². The number of fused-ring (bicyclic) bond motifs is 1. The van der Waals surface area contributed by atoms with Gasteiger partial charge in [-0.2, -0.15) is 18.3 Å². The van der Waals surface area contributed by atoms with Crippen LogP contribution in [0.1, 0.15) is 30.4 Å². The van der Waals surface area contributed by atoms with Gasteiger partial charge in [-0.25, -0.2) is 9.49 Å². The maximum Gasteiger partial charge on any atom is 0.416 e. The third-order valence-corrected chi connectivity index (χ3v) is 5.97. The monoisotopic (exact) mass is 455 g/mol. The van der Waals surface area contributed by atoms with Crippen molar-refractivity contribution >= 4 is 23.6 Å². The van der Waals surface area contributed by atoms with Crippen molar-refractivity contribution < 1.29 is 17.6 Å². The van der Waals surface area contributed by atoms with E-state index in [4.69, 9.17) is 11.6 Å². The van der Waals surface area contributed by atoms with Crippen LogP contribution in [0.4, 0.5) is 23.2 Å². The number of aromatic nitrogens is 2. The lowest BCUT2D eigenvalue weighted by molar-refractivity contribution is -0.138. The average Bonchev–Trinajstić information content (AvgIpc) is 2.73. The van der Waals surface area contributed by atoms with Crippen molar-refractivity contribution in [2.24, 2.45) is 4.99 Å². The Morgan fingerprint density at radius 1 is 1.32 bits per heavy atom. The van der Waals surface area contributed by atoms with Crippen LogP contribution in [0.5, 0.6) is 0 Å². The summed E-state index contributed by atoms with van der Waals surface area (Å²) in [6.07, 6.45) is -1.26. The lowest BCUT2D eigenvalue weighted by Crippen LogP contribution is -2.43. The summed E-state index contributed by atoms with van der Waals surface area (Å²) in [6, 6.07) is 2.41. The predicted octanol–water partition coefficient (Wildman–Crippen LogP) is 3.85. The summed E-state index contributed by atoms with van der Waals surface area (Å²) in [5, 5.41) is 9.07. The minimum atomic E-state index is -4.67. The molecular formula is C20H18ClF4N5O. The lowest BCUT2D eigenvalue weighted by Gasteiger charge is -2.38. The van der Waals surface area contributed by atoms with E-state index in [2.05, 4.69) is 20.5 Å². The van der Waals surface area contributed by atoms with E-state index in [-0.39, 0.29) is 16.6 Å². The molecule has 0 bridgehead atoms. The molecule has 2 N–H and O–H groups in total. The molecule has 0 aliphatic carbocycles. The molecule has 2 aromatic rings. The fourth-order valence-corrected chi connectivity index (χ4v) is 4.31. The number of anilines is 1. The van der Waals surface area contributed by atoms with Crippen LogP contribution < -0.4 is 15.8 Å². The van der Waals surface area contributed by atoms with Gasteiger partial charge in [0.2, 0.25) is 0 Å². The Balaban J connectivity index is 1.67. The molecule has 2 atom stereocenters. The molecule has 11 heteroatoms. The number of hydrogen-bond donors (Lipinski definition) is 2. The van der Waals surface area contributed by atoms with Gasteiger partial charge in [0.15, 0.2) is 0 Å². The SMILES string of the molecule is C[C@H](C1=C2CCN(c3cn[nH]c(=O)c3Cl)CC2N=CN1)c1ccc(F)cc1C(F)(F)F. The van der Waals surface area contributed by atoms with Gasteiger partial charge >= 0.3 is 6.18 Å². The Bertz CT molecular complexity index is 1130. The van der Waals surface area contributed by atoms with Crippen molar-refractivity contribution in [2.75, 3.05) is 18.0 Å². The highest BCUT2D eigenvalue weighted by molar-refractivity contribution is 6.33. The number of allylic oxidation sites excluding steroid dienone is 1. The van der Waals surface area contributed by atoms with Crippen LogP contribution in [-0.4, -0.2) is 35.7 Å². The van der Waals surface area contributed by atoms with Gasteiger partial charge in [0.1, 0.15) is 10.8 Å². The van der Waals surface area contributed by atoms with Crippen molar-refractivity contribution in [2.45, 2.75) is 31.5 Å². The van der Waals surface area contributed by atoms with Crippen LogP contribution >= 0.6 is 11.6 Å². The Labute approximate surface area is 179 Å². The van der Waals surface area contributed by atoms with E-state index in [1.807, 2.05) is 4.90 Å². The molecule has 1 unspecified atom stereocenters. The molecule has 31 heavy (non-hydrogen) atoms. The molecular weight excluding hydrogens is 438 g/mol. The third-order valence-electron chi connectivity index (χ3n) is 5.61. The van der Waals surface area contributed by atoms with Crippen molar-refractivity contribution in [3.63, 3.8) is 0 Å². The quantitative estimate of drug-likeness (QED) is 0.690. The highest BCUT2D eigenvalue weighted by atomic mass is 35.5. The summed E-state index contributed by atoms with van der Waals surface area (Å²) in [4.78, 5) is 18.1. The fourth-order valence-electron chi connectivity index (χ4n) is 4.10. The van der Waals surface area contributed by atoms with Crippen molar-refractivity contribution in [3.05, 3.63) is 68.0 Å². The van der Waals surface area contributed by atoms with Crippen molar-refractivity contribution in [1.82, 2.24) is 15.5 Å². The normalized spacial score (nSPS) is 19.8. The predicted molar refractivity (Wildman–Crippen MR) is 109 cm³/mol. The molecule has 2 aliphatic heterocycles. The Kier molecular flexibility index (Phi) is 5.50. The summed E-state index contributed by atoms with van der Waals surface area (Å²) in [7, 11) is 0. The number of aromatic amines is 1. The summed E-state index contributed by atoms with van der Waals surface area (Å²) >= 11 is 6.11. The van der Waals surface area contributed by atoms with Crippen LogP contribution in [0.2, 0.25) is 5.02 Å². The molecule has 6 nitrogen and oxygen atoms in total. The first-order chi connectivity index (χ1) is 14.7. The minimum absolute atomic E-state index is 0.0118. The molecule has 1 fully saturated rings. The van der Waals surface area contributed by atoms with Gasteiger partial charge < -0.3 is 10.2 Å². The van der Waals surface area contributed by atoms with Gasteiger partial charge in [0.25, 0.3) is 5.56 Å². The van der Waals surface area contributed by atoms with Gasteiger partial charge in [-0.3, -0.25) is 9.79 Å². The first-order valence-corrected chi connectivity index (χ1v) is 9.90. The highest BCUT2D eigenvalue weighted by Crippen LogP contribution is 2.40. The molecule has 0 radical (unpaired) electrons. The number of halogens is 5. The Morgan fingerprint density at radius 2 is 2.10 bits per heavy atom. The van der Waals surface area contributed by atoms with Crippen LogP contribution in [0.25, 0.3) is 0 Å². The summed E-state index contributed by atoms with van der Waals surface area (Å²) in [5.74, 6) is -1.59. The number of nitrogens with one attached hydrogen (secondary N) is 2. The number of alkyl halides is 3. The third kappa shape index (κ3) is 4.04. The number of hydrogen-bond acceptors (Lipinski definition) is 5. The first-order valence-electron chi connectivity index (χ1n) is 9.52. The summed E-state index contributed by atoms with van der Waals surface area (Å²) in [6.45, 7) is 2.53. The minimum Gasteiger partial charge on any atom is -0.366 e. The van der Waals surface area contributed by atoms with Crippen molar-refractivity contribution in [1.29, 1.82) is 0 Å². The standard InChI is InChI=1S/C20H18ClF4N5O/c1-10(12-3-2-11(22)6-14(12)20(23,24)25)18-13-4-5-30(8-15(13)26-9-27-18)16-7-28-29-19(31)17(16)21/h2-3,6-7,9-10,15H,4-5,8H2,1H3,(H,26,27)(H,29,31)/t10-,15?/m0/s1. The first kappa shape index (κ1) is 21.4. The van der Waals surface area contributed by atoms with Gasteiger partial charge in [0, 0.05) is 24.7 Å². The molecule has 1 saturated heterocycles. The van der Waals surface area contributed by atoms with Gasteiger partial charge in [-0.05, 0) is 29.7 Å². The van der Waals surface area contributed by atoms with E-state index >= 15 is 0 Å². The topological polar surface area (TPSA) is 73.4 Å². The van der Waals surface area contributed by atoms with Crippen LogP contribution in [0.3, 0.4) is 0 Å². The van der Waals surface area contributed by atoms with E-state index in [9.17, 15) is 22.4 Å². The van der Waals surface area contributed by atoms with Crippen LogP contribution in [0, 0.1) is 5.82 Å². The maximum atomic E-state index is 13.5. The lowest BCUT2D eigenvalue weighted by atomic mass is 9.85. The molecule has 2 aliphatic rings. The van der Waals surface area contributed by atoms with E-state index in [1.54, 1.807) is 6.92 Å². The smallest absolute Gasteiger partial charge is 0.366 e. The van der Waals surface area contributed by atoms with E-state index < -0.39 is 29.0 Å². The molecule has 3 heterocycles. The summed E-state index contributed by atoms with van der Waals surface area (Å²) in [5.41, 5.74) is 0.463. The number of piperidine rings is 1. The molecule has 0 saturated carbocycles. The van der Waals surface area contributed by atoms with E-state index in [0.717, 1.165) is 11.6 Å². The zero-order valence-corrected chi connectivity index (χ0v) is 17.1. The number of benzene rings is 1. The fraction of sp³-hybridized carbons (Fsp3) is 0.350. The number of aliphatic imine (C=N–C) groups is 1. The zero-order valence-electron chi connectivity index (χ0n) is 16.3. The van der Waals surface area contributed by atoms with Crippen LogP contribution in [0.15, 0.2) is 45.5 Å². The van der Waals surface area contributed by atoms with Crippen LogP contribution in [-0.2, 0) is 6.18 Å². The molecule has 1 aromatic heterocycles. The van der Waals surface area contributed by atoms with Crippen molar-refractivity contribution in [3.8, 4) is 0 Å². The zero-order chi connectivity index (χ0) is 22.3. The second-order valence-corrected chi connectivity index (χ2v) is 7.80. The summed E-state index contributed by atoms with van der Waals surface area (Å²) < 4.78 is 54.1. The molecule has 0 spiro atoms. The Hall–Kier alpha value is -2.88. The number of H-pyrrole nitrogens is 1. The average molecular weight is 456 g/mol. The Morgan fingerprint density at radius 3 is 2.84 bits per heavy atom. The largest absolute Gasteiger partial charge is 0.416 e. The molecule has 164 valence electrons. The van der Waals surface area contributed by atoms with Gasteiger partial charge in [0.05, 0.1) is 29.8 Å².